The van der Waals surface area contributed by atoms with E-state index in [0.29, 0.717) is 11.5 Å². The smallest absolute Gasteiger partial charge is 0.0113 e. The van der Waals surface area contributed by atoms with Gasteiger partial charge in [0.15, 0.2) is 0 Å². The quantitative estimate of drug-likeness (QED) is 0.738. The normalized spacial score (nSPS) is 21.2. The summed E-state index contributed by atoms with van der Waals surface area (Å²) in [5, 5.41) is 0. The van der Waals surface area contributed by atoms with Crippen molar-refractivity contribution >= 4 is 12.6 Å². The molecular formula is C12H26N2S. The van der Waals surface area contributed by atoms with Gasteiger partial charge in [0.1, 0.15) is 0 Å². The van der Waals surface area contributed by atoms with Gasteiger partial charge in [0.25, 0.3) is 0 Å². The highest BCUT2D eigenvalue weighted by Gasteiger charge is 2.24. The fourth-order valence-corrected chi connectivity index (χ4v) is 2.19. The van der Waals surface area contributed by atoms with E-state index in [1.807, 2.05) is 0 Å². The first-order valence-corrected chi connectivity index (χ1v) is 6.65. The van der Waals surface area contributed by atoms with E-state index in [1.165, 1.54) is 32.7 Å². The van der Waals surface area contributed by atoms with Crippen LogP contribution in [0.15, 0.2) is 0 Å². The van der Waals surface area contributed by atoms with Gasteiger partial charge in [-0.25, -0.2) is 0 Å². The molecule has 1 heterocycles. The molecule has 1 rings (SSSR count). The molecule has 1 aliphatic rings. The topological polar surface area (TPSA) is 6.48 Å². The lowest BCUT2D eigenvalue weighted by Crippen LogP contribution is -2.51. The molecule has 0 unspecified atom stereocenters. The van der Waals surface area contributed by atoms with E-state index < -0.39 is 0 Å². The summed E-state index contributed by atoms with van der Waals surface area (Å²) in [6, 6.07) is 0.699. The zero-order chi connectivity index (χ0) is 11.5. The van der Waals surface area contributed by atoms with Crippen molar-refractivity contribution in [1.82, 2.24) is 9.80 Å². The summed E-state index contributed by atoms with van der Waals surface area (Å²) in [4.78, 5) is 5.14. The summed E-state index contributed by atoms with van der Waals surface area (Å²) >= 11 is 4.41. The molecule has 0 radical (unpaired) electrons. The molecule has 0 spiro atoms. The van der Waals surface area contributed by atoms with E-state index in [-0.39, 0.29) is 0 Å². The van der Waals surface area contributed by atoms with Gasteiger partial charge in [-0.2, -0.15) is 12.6 Å². The molecule has 0 amide bonds. The number of hydrogen-bond acceptors (Lipinski definition) is 3. The third-order valence-electron chi connectivity index (χ3n) is 3.22. The molecule has 2 nitrogen and oxygen atoms in total. The second-order valence-corrected chi connectivity index (χ2v) is 6.04. The van der Waals surface area contributed by atoms with Crippen LogP contribution in [0, 0.1) is 5.41 Å². The number of nitrogens with zero attached hydrogens (tertiary/aromatic N) is 2. The van der Waals surface area contributed by atoms with Gasteiger partial charge in [-0.15, -0.1) is 0 Å². The molecule has 1 aliphatic heterocycles. The summed E-state index contributed by atoms with van der Waals surface area (Å²) in [5.74, 6) is 0.970. The maximum Gasteiger partial charge on any atom is 0.0113 e. The minimum Gasteiger partial charge on any atom is -0.300 e. The van der Waals surface area contributed by atoms with Crippen LogP contribution < -0.4 is 0 Å². The fourth-order valence-electron chi connectivity index (χ4n) is 2.09. The van der Waals surface area contributed by atoms with Crippen LogP contribution in [-0.2, 0) is 0 Å². The van der Waals surface area contributed by atoms with Gasteiger partial charge in [0, 0.05) is 38.8 Å². The number of rotatable bonds is 4. The largest absolute Gasteiger partial charge is 0.300 e. The van der Waals surface area contributed by atoms with Gasteiger partial charge < -0.3 is 4.90 Å². The first-order valence-electron chi connectivity index (χ1n) is 6.02. The van der Waals surface area contributed by atoms with Crippen LogP contribution in [0.25, 0.3) is 0 Å². The summed E-state index contributed by atoms with van der Waals surface area (Å²) < 4.78 is 0. The molecule has 0 aromatic heterocycles. The molecule has 0 aliphatic carbocycles. The van der Waals surface area contributed by atoms with Gasteiger partial charge in [0.2, 0.25) is 0 Å². The Morgan fingerprint density at radius 2 is 1.67 bits per heavy atom. The van der Waals surface area contributed by atoms with E-state index in [9.17, 15) is 0 Å². The number of thiol groups is 1. The molecule has 90 valence electrons. The van der Waals surface area contributed by atoms with Crippen LogP contribution in [0.2, 0.25) is 0 Å². The lowest BCUT2D eigenvalue weighted by molar-refractivity contribution is 0.0859. The molecule has 3 heteroatoms. The second-order valence-electron chi connectivity index (χ2n) is 5.73. The first-order chi connectivity index (χ1) is 6.94. The van der Waals surface area contributed by atoms with Crippen molar-refractivity contribution in [3.8, 4) is 0 Å². The summed E-state index contributed by atoms with van der Waals surface area (Å²) in [6.07, 6.45) is 0. The highest BCUT2D eigenvalue weighted by atomic mass is 32.1. The SMILES string of the molecule is CC(C)N1CCN(CC(C)(C)CS)CC1. The Labute approximate surface area is 100 Å². The summed E-state index contributed by atoms with van der Waals surface area (Å²) in [6.45, 7) is 15.2. The average molecular weight is 230 g/mol. The zero-order valence-corrected chi connectivity index (χ0v) is 11.6. The van der Waals surface area contributed by atoms with Crippen LogP contribution in [0.3, 0.4) is 0 Å². The predicted molar refractivity (Wildman–Crippen MR) is 70.8 cm³/mol. The highest BCUT2D eigenvalue weighted by molar-refractivity contribution is 7.80. The zero-order valence-electron chi connectivity index (χ0n) is 10.7. The van der Waals surface area contributed by atoms with E-state index in [4.69, 9.17) is 0 Å². The lowest BCUT2D eigenvalue weighted by atomic mass is 9.95. The van der Waals surface area contributed by atoms with Crippen molar-refractivity contribution < 1.29 is 0 Å². The van der Waals surface area contributed by atoms with Crippen LogP contribution in [0.4, 0.5) is 0 Å². The molecule has 1 fully saturated rings. The maximum atomic E-state index is 4.41. The van der Waals surface area contributed by atoms with Crippen molar-refractivity contribution in [1.29, 1.82) is 0 Å². The molecule has 0 aromatic carbocycles. The molecule has 0 atom stereocenters. The summed E-state index contributed by atoms with van der Waals surface area (Å²) in [5.41, 5.74) is 0.350. The van der Waals surface area contributed by atoms with Gasteiger partial charge in [-0.1, -0.05) is 13.8 Å². The molecule has 0 aromatic rings. The minimum atomic E-state index is 0.350. The van der Waals surface area contributed by atoms with Crippen LogP contribution in [-0.4, -0.2) is 54.3 Å². The summed E-state index contributed by atoms with van der Waals surface area (Å²) in [7, 11) is 0. The molecule has 1 saturated heterocycles. The molecule has 0 N–H and O–H groups in total. The Morgan fingerprint density at radius 1 is 1.13 bits per heavy atom. The van der Waals surface area contributed by atoms with Crippen molar-refractivity contribution in [3.63, 3.8) is 0 Å². The van der Waals surface area contributed by atoms with E-state index in [2.05, 4.69) is 50.1 Å². The lowest BCUT2D eigenvalue weighted by Gasteiger charge is -2.40. The van der Waals surface area contributed by atoms with Crippen molar-refractivity contribution in [3.05, 3.63) is 0 Å². The van der Waals surface area contributed by atoms with Gasteiger partial charge in [-0.05, 0) is 25.0 Å². The molecular weight excluding hydrogens is 204 g/mol. The van der Waals surface area contributed by atoms with Gasteiger partial charge in [0.05, 0.1) is 0 Å². The van der Waals surface area contributed by atoms with Gasteiger partial charge >= 0.3 is 0 Å². The number of piperazine rings is 1. The number of hydrogen-bond donors (Lipinski definition) is 1. The highest BCUT2D eigenvalue weighted by Crippen LogP contribution is 2.19. The minimum absolute atomic E-state index is 0.350. The Hall–Kier alpha value is 0.270. The van der Waals surface area contributed by atoms with Crippen LogP contribution in [0.5, 0.6) is 0 Å². The van der Waals surface area contributed by atoms with Crippen LogP contribution >= 0.6 is 12.6 Å². The van der Waals surface area contributed by atoms with Gasteiger partial charge in [-0.3, -0.25) is 4.90 Å². The van der Waals surface area contributed by atoms with Crippen LogP contribution in [0.1, 0.15) is 27.7 Å². The fraction of sp³-hybridized carbons (Fsp3) is 1.00. The Bertz CT molecular complexity index is 184. The van der Waals surface area contributed by atoms with Crippen molar-refractivity contribution in [2.75, 3.05) is 38.5 Å². The molecule has 15 heavy (non-hydrogen) atoms. The van der Waals surface area contributed by atoms with Crippen molar-refractivity contribution in [2.45, 2.75) is 33.7 Å². The van der Waals surface area contributed by atoms with E-state index in [1.54, 1.807) is 0 Å². The van der Waals surface area contributed by atoms with E-state index >= 15 is 0 Å². The Balaban J connectivity index is 2.32. The molecule has 0 bridgehead atoms. The van der Waals surface area contributed by atoms with Crippen molar-refractivity contribution in [2.24, 2.45) is 5.41 Å². The third-order valence-corrected chi connectivity index (χ3v) is 4.07. The standard InChI is InChI=1S/C12H26N2S/c1-11(2)14-7-5-13(6-8-14)9-12(3,4)10-15/h11,15H,5-10H2,1-4H3. The third kappa shape index (κ3) is 4.33. The molecule has 0 saturated carbocycles. The Kier molecular flexibility index (Phi) is 4.94. The Morgan fingerprint density at radius 3 is 2.07 bits per heavy atom. The monoisotopic (exact) mass is 230 g/mol. The first kappa shape index (κ1) is 13.3. The van der Waals surface area contributed by atoms with E-state index in [0.717, 1.165) is 5.75 Å². The second kappa shape index (κ2) is 5.55. The maximum absolute atomic E-state index is 4.41. The predicted octanol–water partition coefficient (Wildman–Crippen LogP) is 1.97. The average Bonchev–Trinajstić information content (AvgIpc) is 2.18.